The minimum Gasteiger partial charge on any atom is -0.481 e. The molecule has 0 spiro atoms. The van der Waals surface area contributed by atoms with E-state index in [4.69, 9.17) is 5.11 Å². The van der Waals surface area contributed by atoms with E-state index in [0.717, 1.165) is 18.1 Å². The van der Waals surface area contributed by atoms with Crippen LogP contribution >= 0.6 is 11.8 Å². The average Bonchev–Trinajstić information content (AvgIpc) is 1.92. The van der Waals surface area contributed by atoms with Gasteiger partial charge in [-0.2, -0.15) is 11.8 Å². The summed E-state index contributed by atoms with van der Waals surface area (Å²) in [5.74, 6) is 0.674. The molecule has 0 saturated carbocycles. The van der Waals surface area contributed by atoms with Gasteiger partial charge in [0.05, 0.1) is 0 Å². The Morgan fingerprint density at radius 3 is 2.67 bits per heavy atom. The maximum Gasteiger partial charge on any atom is 0.303 e. The van der Waals surface area contributed by atoms with Gasteiger partial charge in [-0.05, 0) is 25.0 Å². The van der Waals surface area contributed by atoms with Gasteiger partial charge >= 0.3 is 5.97 Å². The van der Waals surface area contributed by atoms with Gasteiger partial charge in [0, 0.05) is 11.7 Å². The first-order valence-electron chi connectivity index (χ1n) is 4.62. The smallest absolute Gasteiger partial charge is 0.303 e. The first-order chi connectivity index (χ1) is 5.79. The van der Waals surface area contributed by atoms with Crippen LogP contribution in [0, 0.1) is 0 Å². The third-order valence-electron chi connectivity index (χ3n) is 2.21. The summed E-state index contributed by atoms with van der Waals surface area (Å²) in [6.45, 7) is 0. The molecule has 1 saturated heterocycles. The molecule has 0 aromatic carbocycles. The van der Waals surface area contributed by atoms with Crippen molar-refractivity contribution in [1.82, 2.24) is 0 Å². The standard InChI is InChI=1S/C9H16O2S/c10-9(11)5-3-1-2-4-8-6-7-12-8/h8H,1-7H2,(H,10,11). The Morgan fingerprint density at radius 2 is 2.17 bits per heavy atom. The summed E-state index contributed by atoms with van der Waals surface area (Å²) < 4.78 is 0. The van der Waals surface area contributed by atoms with Crippen LogP contribution in [0.1, 0.15) is 38.5 Å². The van der Waals surface area contributed by atoms with Crippen molar-refractivity contribution in [3.05, 3.63) is 0 Å². The summed E-state index contributed by atoms with van der Waals surface area (Å²) in [5, 5.41) is 9.27. The van der Waals surface area contributed by atoms with Crippen LogP contribution in [0.15, 0.2) is 0 Å². The highest BCUT2D eigenvalue weighted by Crippen LogP contribution is 2.31. The first kappa shape index (κ1) is 9.90. The van der Waals surface area contributed by atoms with Crippen LogP contribution in [-0.2, 0) is 4.79 Å². The summed E-state index contributed by atoms with van der Waals surface area (Å²) in [5.41, 5.74) is 0. The predicted molar refractivity (Wildman–Crippen MR) is 51.6 cm³/mol. The third kappa shape index (κ3) is 4.00. The summed E-state index contributed by atoms with van der Waals surface area (Å²) in [4.78, 5) is 10.2. The van der Waals surface area contributed by atoms with E-state index in [-0.39, 0.29) is 0 Å². The molecule has 0 bridgehead atoms. The van der Waals surface area contributed by atoms with Crippen molar-refractivity contribution in [1.29, 1.82) is 0 Å². The van der Waals surface area contributed by atoms with E-state index < -0.39 is 5.97 Å². The zero-order valence-corrected chi connectivity index (χ0v) is 8.11. The molecule has 1 aliphatic heterocycles. The summed E-state index contributed by atoms with van der Waals surface area (Å²) >= 11 is 2.05. The molecule has 0 aromatic rings. The molecule has 2 nitrogen and oxygen atoms in total. The zero-order chi connectivity index (χ0) is 8.81. The van der Waals surface area contributed by atoms with Gasteiger partial charge in [-0.3, -0.25) is 4.79 Å². The number of aliphatic carboxylic acids is 1. The Hall–Kier alpha value is -0.180. The van der Waals surface area contributed by atoms with Crippen LogP contribution < -0.4 is 0 Å². The summed E-state index contributed by atoms with van der Waals surface area (Å²) in [7, 11) is 0. The van der Waals surface area contributed by atoms with E-state index in [2.05, 4.69) is 11.8 Å². The molecule has 0 aliphatic carbocycles. The van der Waals surface area contributed by atoms with Crippen molar-refractivity contribution in [2.45, 2.75) is 43.8 Å². The Kier molecular flexibility index (Phi) is 4.51. The lowest BCUT2D eigenvalue weighted by molar-refractivity contribution is -0.137. The summed E-state index contributed by atoms with van der Waals surface area (Å²) in [6.07, 6.45) is 6.17. The normalized spacial score (nSPS) is 21.8. The van der Waals surface area contributed by atoms with Crippen LogP contribution in [0.5, 0.6) is 0 Å². The third-order valence-corrected chi connectivity index (χ3v) is 3.62. The van der Waals surface area contributed by atoms with E-state index in [0.29, 0.717) is 6.42 Å². The highest BCUT2D eigenvalue weighted by Gasteiger charge is 2.16. The molecule has 0 amide bonds. The van der Waals surface area contributed by atoms with Gasteiger partial charge in [0.15, 0.2) is 0 Å². The predicted octanol–water partition coefficient (Wildman–Crippen LogP) is 2.53. The number of carboxylic acids is 1. The molecule has 1 heterocycles. The van der Waals surface area contributed by atoms with Gasteiger partial charge < -0.3 is 5.11 Å². The average molecular weight is 188 g/mol. The quantitative estimate of drug-likeness (QED) is 0.651. The minimum atomic E-state index is -0.659. The first-order valence-corrected chi connectivity index (χ1v) is 5.67. The van der Waals surface area contributed by atoms with E-state index in [1.165, 1.54) is 25.0 Å². The minimum absolute atomic E-state index is 0.345. The van der Waals surface area contributed by atoms with Crippen LogP contribution in [-0.4, -0.2) is 22.1 Å². The number of hydrogen-bond donors (Lipinski definition) is 1. The fraction of sp³-hybridized carbons (Fsp3) is 0.889. The Labute approximate surface area is 77.7 Å². The summed E-state index contributed by atoms with van der Waals surface area (Å²) in [6, 6.07) is 0. The largest absolute Gasteiger partial charge is 0.481 e. The van der Waals surface area contributed by atoms with E-state index >= 15 is 0 Å². The Bertz CT molecular complexity index is 143. The van der Waals surface area contributed by atoms with Crippen molar-refractivity contribution in [2.24, 2.45) is 0 Å². The van der Waals surface area contributed by atoms with Crippen molar-refractivity contribution < 1.29 is 9.90 Å². The molecule has 1 fully saturated rings. The molecule has 1 N–H and O–H groups in total. The molecule has 3 heteroatoms. The van der Waals surface area contributed by atoms with E-state index in [1.807, 2.05) is 0 Å². The maximum absolute atomic E-state index is 10.2. The molecular weight excluding hydrogens is 172 g/mol. The Morgan fingerprint density at radius 1 is 1.42 bits per heavy atom. The van der Waals surface area contributed by atoms with Crippen LogP contribution in [0.2, 0.25) is 0 Å². The molecular formula is C9H16O2S. The lowest BCUT2D eigenvalue weighted by Gasteiger charge is -2.24. The molecule has 0 radical (unpaired) electrons. The van der Waals surface area contributed by atoms with Gasteiger partial charge in [0.25, 0.3) is 0 Å². The van der Waals surface area contributed by atoms with Crippen LogP contribution in [0.25, 0.3) is 0 Å². The second-order valence-corrected chi connectivity index (χ2v) is 4.68. The van der Waals surface area contributed by atoms with Crippen molar-refractivity contribution in [3.8, 4) is 0 Å². The number of unbranched alkanes of at least 4 members (excludes halogenated alkanes) is 2. The van der Waals surface area contributed by atoms with Gasteiger partial charge in [-0.25, -0.2) is 0 Å². The molecule has 70 valence electrons. The number of carbonyl (C=O) groups is 1. The lowest BCUT2D eigenvalue weighted by atomic mass is 10.1. The van der Waals surface area contributed by atoms with Crippen LogP contribution in [0.3, 0.4) is 0 Å². The number of hydrogen-bond acceptors (Lipinski definition) is 2. The fourth-order valence-electron chi connectivity index (χ4n) is 1.34. The number of rotatable bonds is 6. The molecule has 12 heavy (non-hydrogen) atoms. The van der Waals surface area contributed by atoms with Crippen molar-refractivity contribution in [2.75, 3.05) is 5.75 Å². The maximum atomic E-state index is 10.2. The topological polar surface area (TPSA) is 37.3 Å². The Balaban J connectivity index is 1.79. The molecule has 1 rings (SSSR count). The van der Waals surface area contributed by atoms with Crippen molar-refractivity contribution >= 4 is 17.7 Å². The molecule has 1 aliphatic rings. The second kappa shape index (κ2) is 5.46. The molecule has 1 unspecified atom stereocenters. The zero-order valence-electron chi connectivity index (χ0n) is 7.29. The monoisotopic (exact) mass is 188 g/mol. The molecule has 1 atom stereocenters. The number of thioether (sulfide) groups is 1. The van der Waals surface area contributed by atoms with E-state index in [9.17, 15) is 4.79 Å². The highest BCUT2D eigenvalue weighted by atomic mass is 32.2. The van der Waals surface area contributed by atoms with Gasteiger partial charge in [0.2, 0.25) is 0 Å². The van der Waals surface area contributed by atoms with Gasteiger partial charge in [-0.1, -0.05) is 12.8 Å². The van der Waals surface area contributed by atoms with Gasteiger partial charge in [-0.15, -0.1) is 0 Å². The van der Waals surface area contributed by atoms with Crippen LogP contribution in [0.4, 0.5) is 0 Å². The lowest BCUT2D eigenvalue weighted by Crippen LogP contribution is -2.14. The second-order valence-electron chi connectivity index (χ2n) is 3.27. The number of carboxylic acid groups (broad SMARTS) is 1. The fourth-order valence-corrected chi connectivity index (χ4v) is 2.24. The SMILES string of the molecule is O=C(O)CCCCCC1CCS1. The van der Waals surface area contributed by atoms with E-state index in [1.54, 1.807) is 0 Å². The molecule has 0 aromatic heterocycles. The highest BCUT2D eigenvalue weighted by molar-refractivity contribution is 8.01. The van der Waals surface area contributed by atoms with Crippen molar-refractivity contribution in [3.63, 3.8) is 0 Å². The van der Waals surface area contributed by atoms with Gasteiger partial charge in [0.1, 0.15) is 0 Å².